The van der Waals surface area contributed by atoms with Crippen molar-refractivity contribution in [3.63, 3.8) is 0 Å². The fourth-order valence-electron chi connectivity index (χ4n) is 1.33. The SMILES string of the molecule is CCOC(C)CNCc1cc(C(=O)O)co1. The van der Waals surface area contributed by atoms with E-state index in [0.29, 0.717) is 25.5 Å². The van der Waals surface area contributed by atoms with Crippen molar-refractivity contribution in [3.05, 3.63) is 23.7 Å². The maximum atomic E-state index is 10.6. The summed E-state index contributed by atoms with van der Waals surface area (Å²) in [5.74, 6) is -0.362. The molecular weight excluding hydrogens is 210 g/mol. The molecule has 1 atom stereocenters. The van der Waals surface area contributed by atoms with Crippen LogP contribution in [0.15, 0.2) is 16.7 Å². The molecule has 0 aliphatic heterocycles. The summed E-state index contributed by atoms with van der Waals surface area (Å²) >= 11 is 0. The van der Waals surface area contributed by atoms with E-state index in [-0.39, 0.29) is 11.7 Å². The Morgan fingerprint density at radius 1 is 1.69 bits per heavy atom. The predicted molar refractivity (Wildman–Crippen MR) is 58.5 cm³/mol. The summed E-state index contributed by atoms with van der Waals surface area (Å²) in [5, 5.41) is 11.8. The Morgan fingerprint density at radius 2 is 2.44 bits per heavy atom. The Hall–Kier alpha value is -1.33. The second kappa shape index (κ2) is 6.30. The van der Waals surface area contributed by atoms with Gasteiger partial charge in [0.05, 0.1) is 18.2 Å². The number of rotatable bonds is 7. The lowest BCUT2D eigenvalue weighted by Crippen LogP contribution is -2.26. The molecule has 0 spiro atoms. The van der Waals surface area contributed by atoms with Gasteiger partial charge < -0.3 is 19.6 Å². The van der Waals surface area contributed by atoms with Gasteiger partial charge in [0.1, 0.15) is 12.0 Å². The van der Waals surface area contributed by atoms with Crippen molar-refractivity contribution in [3.8, 4) is 0 Å². The van der Waals surface area contributed by atoms with Gasteiger partial charge in [0.25, 0.3) is 0 Å². The standard InChI is InChI=1S/C11H17NO4/c1-3-15-8(2)5-12-6-10-4-9(7-16-10)11(13)14/h4,7-8,12H,3,5-6H2,1-2H3,(H,13,14). The van der Waals surface area contributed by atoms with Crippen molar-refractivity contribution in [2.24, 2.45) is 0 Å². The van der Waals surface area contributed by atoms with Crippen LogP contribution in [0, 0.1) is 0 Å². The fraction of sp³-hybridized carbons (Fsp3) is 0.545. The van der Waals surface area contributed by atoms with Gasteiger partial charge in [-0.25, -0.2) is 4.79 Å². The highest BCUT2D eigenvalue weighted by atomic mass is 16.5. The summed E-state index contributed by atoms with van der Waals surface area (Å²) in [7, 11) is 0. The minimum atomic E-state index is -0.974. The van der Waals surface area contributed by atoms with Crippen molar-refractivity contribution in [1.82, 2.24) is 5.32 Å². The normalized spacial score (nSPS) is 12.6. The minimum absolute atomic E-state index is 0.138. The fourth-order valence-corrected chi connectivity index (χ4v) is 1.33. The molecule has 1 aromatic heterocycles. The third kappa shape index (κ3) is 4.04. The Bertz CT molecular complexity index is 334. The molecule has 1 heterocycles. The highest BCUT2D eigenvalue weighted by Crippen LogP contribution is 2.07. The van der Waals surface area contributed by atoms with Crippen LogP contribution in [0.2, 0.25) is 0 Å². The molecule has 1 aromatic rings. The molecule has 5 nitrogen and oxygen atoms in total. The van der Waals surface area contributed by atoms with Gasteiger partial charge in [0.15, 0.2) is 0 Å². The molecule has 0 saturated heterocycles. The zero-order chi connectivity index (χ0) is 12.0. The van der Waals surface area contributed by atoms with E-state index in [1.54, 1.807) is 0 Å². The van der Waals surface area contributed by atoms with E-state index in [1.165, 1.54) is 12.3 Å². The van der Waals surface area contributed by atoms with Crippen molar-refractivity contribution < 1.29 is 19.1 Å². The summed E-state index contributed by atoms with van der Waals surface area (Å²) in [6.45, 7) is 5.82. The molecule has 0 amide bonds. The van der Waals surface area contributed by atoms with Crippen LogP contribution in [0.4, 0.5) is 0 Å². The molecule has 90 valence electrons. The molecule has 0 saturated carbocycles. The van der Waals surface area contributed by atoms with Crippen molar-refractivity contribution >= 4 is 5.97 Å². The van der Waals surface area contributed by atoms with Gasteiger partial charge in [0.2, 0.25) is 0 Å². The highest BCUT2D eigenvalue weighted by molar-refractivity contribution is 5.87. The maximum absolute atomic E-state index is 10.6. The first kappa shape index (κ1) is 12.7. The summed E-state index contributed by atoms with van der Waals surface area (Å²) < 4.78 is 10.4. The lowest BCUT2D eigenvalue weighted by molar-refractivity contribution is 0.0696. The lowest BCUT2D eigenvalue weighted by atomic mass is 10.3. The average molecular weight is 227 g/mol. The van der Waals surface area contributed by atoms with E-state index in [1.807, 2.05) is 13.8 Å². The van der Waals surface area contributed by atoms with Crippen molar-refractivity contribution in [2.75, 3.05) is 13.2 Å². The molecule has 2 N–H and O–H groups in total. The number of nitrogens with one attached hydrogen (secondary N) is 1. The molecule has 0 aliphatic carbocycles. The largest absolute Gasteiger partial charge is 0.478 e. The second-order valence-electron chi connectivity index (χ2n) is 3.50. The summed E-state index contributed by atoms with van der Waals surface area (Å²) in [6.07, 6.45) is 1.38. The monoisotopic (exact) mass is 227 g/mol. The first-order valence-electron chi connectivity index (χ1n) is 5.26. The van der Waals surface area contributed by atoms with Gasteiger partial charge in [-0.15, -0.1) is 0 Å². The zero-order valence-electron chi connectivity index (χ0n) is 9.53. The number of carboxylic acid groups (broad SMARTS) is 1. The molecular formula is C11H17NO4. The zero-order valence-corrected chi connectivity index (χ0v) is 9.53. The number of aromatic carboxylic acids is 1. The van der Waals surface area contributed by atoms with E-state index in [9.17, 15) is 4.79 Å². The van der Waals surface area contributed by atoms with Crippen LogP contribution in [0.25, 0.3) is 0 Å². The number of hydrogen-bond donors (Lipinski definition) is 2. The maximum Gasteiger partial charge on any atom is 0.338 e. The molecule has 5 heteroatoms. The number of furan rings is 1. The van der Waals surface area contributed by atoms with E-state index in [4.69, 9.17) is 14.3 Å². The molecule has 0 aliphatic rings. The summed E-state index contributed by atoms with van der Waals surface area (Å²) in [5.41, 5.74) is 0.176. The number of carboxylic acids is 1. The van der Waals surface area contributed by atoms with E-state index in [2.05, 4.69) is 5.32 Å². The summed E-state index contributed by atoms with van der Waals surface area (Å²) in [6, 6.07) is 1.51. The van der Waals surface area contributed by atoms with Crippen LogP contribution >= 0.6 is 0 Å². The first-order valence-corrected chi connectivity index (χ1v) is 5.26. The number of ether oxygens (including phenoxy) is 1. The number of carbonyl (C=O) groups is 1. The third-order valence-electron chi connectivity index (χ3n) is 2.08. The van der Waals surface area contributed by atoms with Gasteiger partial charge in [-0.3, -0.25) is 0 Å². The van der Waals surface area contributed by atoms with E-state index >= 15 is 0 Å². The molecule has 0 aromatic carbocycles. The van der Waals surface area contributed by atoms with Gasteiger partial charge in [-0.05, 0) is 19.9 Å². The Morgan fingerprint density at radius 3 is 3.00 bits per heavy atom. The Balaban J connectivity index is 2.29. The molecule has 1 rings (SSSR count). The minimum Gasteiger partial charge on any atom is -0.478 e. The topological polar surface area (TPSA) is 71.7 Å². The van der Waals surface area contributed by atoms with Crippen LogP contribution in [0.5, 0.6) is 0 Å². The predicted octanol–water partition coefficient (Wildman–Crippen LogP) is 1.49. The summed E-state index contributed by atoms with van der Waals surface area (Å²) in [4.78, 5) is 10.6. The van der Waals surface area contributed by atoms with Gasteiger partial charge in [-0.1, -0.05) is 0 Å². The van der Waals surface area contributed by atoms with Crippen LogP contribution < -0.4 is 5.32 Å². The van der Waals surface area contributed by atoms with Crippen molar-refractivity contribution in [2.45, 2.75) is 26.5 Å². The number of hydrogen-bond acceptors (Lipinski definition) is 4. The van der Waals surface area contributed by atoms with Crippen molar-refractivity contribution in [1.29, 1.82) is 0 Å². The Labute approximate surface area is 94.4 Å². The van der Waals surface area contributed by atoms with Crippen LogP contribution in [0.1, 0.15) is 30.0 Å². The van der Waals surface area contributed by atoms with E-state index in [0.717, 1.165) is 0 Å². The van der Waals surface area contributed by atoms with Gasteiger partial charge in [-0.2, -0.15) is 0 Å². The van der Waals surface area contributed by atoms with Crippen LogP contribution in [-0.2, 0) is 11.3 Å². The molecule has 0 fully saturated rings. The Kier molecular flexibility index (Phi) is 5.01. The van der Waals surface area contributed by atoms with E-state index < -0.39 is 5.97 Å². The molecule has 16 heavy (non-hydrogen) atoms. The molecule has 0 bridgehead atoms. The average Bonchev–Trinajstić information content (AvgIpc) is 2.67. The van der Waals surface area contributed by atoms with Gasteiger partial charge >= 0.3 is 5.97 Å². The first-order chi connectivity index (χ1) is 7.63. The third-order valence-corrected chi connectivity index (χ3v) is 2.08. The molecule has 0 radical (unpaired) electrons. The van der Waals surface area contributed by atoms with Gasteiger partial charge in [0, 0.05) is 13.2 Å². The molecule has 1 unspecified atom stereocenters. The highest BCUT2D eigenvalue weighted by Gasteiger charge is 2.08. The second-order valence-corrected chi connectivity index (χ2v) is 3.50. The lowest BCUT2D eigenvalue weighted by Gasteiger charge is -2.11. The van der Waals surface area contributed by atoms with Crippen LogP contribution in [-0.4, -0.2) is 30.3 Å². The smallest absolute Gasteiger partial charge is 0.338 e. The van der Waals surface area contributed by atoms with Crippen LogP contribution in [0.3, 0.4) is 0 Å². The quantitative estimate of drug-likeness (QED) is 0.738.